The summed E-state index contributed by atoms with van der Waals surface area (Å²) in [6.07, 6.45) is 0.958. The number of hydrogen-bond donors (Lipinski definition) is 2. The van der Waals surface area contributed by atoms with Gasteiger partial charge in [-0.2, -0.15) is 10.2 Å². The number of ether oxygens (including phenoxy) is 2. The van der Waals surface area contributed by atoms with Crippen molar-refractivity contribution in [2.45, 2.75) is 20.3 Å². The van der Waals surface area contributed by atoms with Crippen LogP contribution in [0.1, 0.15) is 36.3 Å². The monoisotopic (exact) mass is 392 g/mol. The topological polar surface area (TPSA) is 88.6 Å². The number of nitrogens with one attached hydrogen (secondary N) is 2. The lowest BCUT2D eigenvalue weighted by atomic mass is 10.1. The molecule has 0 unspecified atom stereocenters. The highest BCUT2D eigenvalue weighted by Crippen LogP contribution is 2.21. The fraction of sp³-hybridized carbons (Fsp3) is 0.227. The maximum atomic E-state index is 12.4. The fourth-order valence-corrected chi connectivity index (χ4v) is 2.62. The predicted molar refractivity (Wildman–Crippen MR) is 112 cm³/mol. The molecule has 0 bridgehead atoms. The zero-order valence-electron chi connectivity index (χ0n) is 16.7. The summed E-state index contributed by atoms with van der Waals surface area (Å²) >= 11 is 0. The SMILES string of the molecule is CCCOc1ccc(-c2cc(C(=O)NN=C(C)c3ccc(OC)cc3)[nH]n2)cc1. The van der Waals surface area contributed by atoms with E-state index >= 15 is 0 Å². The second-order valence-corrected chi connectivity index (χ2v) is 6.41. The number of aromatic nitrogens is 2. The molecule has 1 heterocycles. The van der Waals surface area contributed by atoms with E-state index in [1.54, 1.807) is 13.2 Å². The minimum atomic E-state index is -0.362. The van der Waals surface area contributed by atoms with E-state index < -0.39 is 0 Å². The first kappa shape index (κ1) is 20.1. The van der Waals surface area contributed by atoms with Gasteiger partial charge in [0.1, 0.15) is 17.2 Å². The minimum Gasteiger partial charge on any atom is -0.497 e. The molecule has 7 nitrogen and oxygen atoms in total. The number of carbonyl (C=O) groups excluding carboxylic acids is 1. The maximum absolute atomic E-state index is 12.4. The third kappa shape index (κ3) is 5.22. The van der Waals surface area contributed by atoms with Crippen molar-refractivity contribution in [2.24, 2.45) is 5.10 Å². The highest BCUT2D eigenvalue weighted by molar-refractivity contribution is 6.00. The van der Waals surface area contributed by atoms with Gasteiger partial charge in [-0.25, -0.2) is 5.43 Å². The van der Waals surface area contributed by atoms with E-state index in [4.69, 9.17) is 9.47 Å². The van der Waals surface area contributed by atoms with Crippen LogP contribution < -0.4 is 14.9 Å². The average molecular weight is 392 g/mol. The Bertz CT molecular complexity index is 976. The van der Waals surface area contributed by atoms with Gasteiger partial charge in [-0.1, -0.05) is 6.92 Å². The Labute approximate surface area is 169 Å². The predicted octanol–water partition coefficient (Wildman–Crippen LogP) is 4.03. The molecule has 2 aromatic carbocycles. The number of amides is 1. The van der Waals surface area contributed by atoms with Crippen molar-refractivity contribution >= 4 is 11.6 Å². The Morgan fingerprint density at radius 2 is 1.79 bits per heavy atom. The number of aromatic amines is 1. The van der Waals surface area contributed by atoms with Crippen LogP contribution in [-0.2, 0) is 0 Å². The highest BCUT2D eigenvalue weighted by Gasteiger charge is 2.11. The summed E-state index contributed by atoms with van der Waals surface area (Å²) in [5.74, 6) is 1.22. The average Bonchev–Trinajstić information content (AvgIpc) is 3.26. The smallest absolute Gasteiger partial charge is 0.289 e. The second-order valence-electron chi connectivity index (χ2n) is 6.41. The second kappa shape index (κ2) is 9.54. The number of carbonyl (C=O) groups is 1. The Balaban J connectivity index is 1.64. The van der Waals surface area contributed by atoms with E-state index in [2.05, 4.69) is 27.6 Å². The molecule has 1 aromatic heterocycles. The highest BCUT2D eigenvalue weighted by atomic mass is 16.5. The number of benzene rings is 2. The number of hydrogen-bond acceptors (Lipinski definition) is 5. The molecule has 1 amide bonds. The third-order valence-corrected chi connectivity index (χ3v) is 4.28. The van der Waals surface area contributed by atoms with Crippen molar-refractivity contribution in [1.29, 1.82) is 0 Å². The van der Waals surface area contributed by atoms with Crippen LogP contribution in [0.25, 0.3) is 11.3 Å². The first-order valence-electron chi connectivity index (χ1n) is 9.38. The van der Waals surface area contributed by atoms with E-state index in [-0.39, 0.29) is 5.91 Å². The van der Waals surface area contributed by atoms with E-state index in [1.165, 1.54) is 0 Å². The molecule has 3 rings (SSSR count). The number of H-pyrrole nitrogens is 1. The summed E-state index contributed by atoms with van der Waals surface area (Å²) in [6, 6.07) is 16.7. The van der Waals surface area contributed by atoms with Crippen LogP contribution in [-0.4, -0.2) is 35.5 Å². The molecule has 0 aliphatic heterocycles. The van der Waals surface area contributed by atoms with Gasteiger partial charge in [-0.15, -0.1) is 0 Å². The van der Waals surface area contributed by atoms with Gasteiger partial charge < -0.3 is 9.47 Å². The lowest BCUT2D eigenvalue weighted by molar-refractivity contribution is 0.0950. The van der Waals surface area contributed by atoms with Crippen molar-refractivity contribution < 1.29 is 14.3 Å². The Morgan fingerprint density at radius 3 is 2.45 bits per heavy atom. The molecule has 0 aliphatic carbocycles. The molecule has 150 valence electrons. The van der Waals surface area contributed by atoms with Crippen LogP contribution in [0.5, 0.6) is 11.5 Å². The standard InChI is InChI=1S/C22H24N4O3/c1-4-13-29-19-11-7-17(8-12-19)20-14-21(25-24-20)22(27)26-23-15(2)16-5-9-18(28-3)10-6-16/h5-12,14H,4,13H2,1-3H3,(H,24,25)(H,26,27). The van der Waals surface area contributed by atoms with Crippen LogP contribution in [0.4, 0.5) is 0 Å². The van der Waals surface area contributed by atoms with E-state index in [1.807, 2.05) is 55.5 Å². The van der Waals surface area contributed by atoms with Crippen LogP contribution in [0.3, 0.4) is 0 Å². The number of hydrazone groups is 1. The molecule has 0 saturated carbocycles. The molecular weight excluding hydrogens is 368 g/mol. The molecule has 0 fully saturated rings. The molecule has 29 heavy (non-hydrogen) atoms. The third-order valence-electron chi connectivity index (χ3n) is 4.28. The summed E-state index contributed by atoms with van der Waals surface area (Å²) in [6.45, 7) is 4.57. The number of methoxy groups -OCH3 is 1. The van der Waals surface area contributed by atoms with E-state index in [0.29, 0.717) is 23.7 Å². The van der Waals surface area contributed by atoms with Gasteiger partial charge in [0.25, 0.3) is 5.91 Å². The first-order valence-corrected chi connectivity index (χ1v) is 9.38. The summed E-state index contributed by atoms with van der Waals surface area (Å²) in [5, 5.41) is 11.1. The molecule has 0 spiro atoms. The molecule has 7 heteroatoms. The van der Waals surface area contributed by atoms with E-state index in [0.717, 1.165) is 29.0 Å². The molecule has 3 aromatic rings. The summed E-state index contributed by atoms with van der Waals surface area (Å²) in [4.78, 5) is 12.4. The molecule has 2 N–H and O–H groups in total. The zero-order chi connectivity index (χ0) is 20.6. The molecular formula is C22H24N4O3. The number of rotatable bonds is 8. The maximum Gasteiger partial charge on any atom is 0.289 e. The lowest BCUT2D eigenvalue weighted by Gasteiger charge is -2.04. The Kier molecular flexibility index (Phi) is 6.63. The van der Waals surface area contributed by atoms with Crippen LogP contribution in [0, 0.1) is 0 Å². The van der Waals surface area contributed by atoms with Gasteiger partial charge in [0.15, 0.2) is 0 Å². The summed E-state index contributed by atoms with van der Waals surface area (Å²) < 4.78 is 10.7. The van der Waals surface area contributed by atoms with Gasteiger partial charge in [-0.05, 0) is 73.5 Å². The first-order chi connectivity index (χ1) is 14.1. The summed E-state index contributed by atoms with van der Waals surface area (Å²) in [7, 11) is 1.61. The van der Waals surface area contributed by atoms with E-state index in [9.17, 15) is 4.79 Å². The summed E-state index contributed by atoms with van der Waals surface area (Å²) in [5.41, 5.74) is 6.02. The largest absolute Gasteiger partial charge is 0.497 e. The van der Waals surface area contributed by atoms with Crippen LogP contribution in [0.15, 0.2) is 59.7 Å². The van der Waals surface area contributed by atoms with Crippen molar-refractivity contribution in [1.82, 2.24) is 15.6 Å². The van der Waals surface area contributed by atoms with Gasteiger partial charge in [0, 0.05) is 5.56 Å². The van der Waals surface area contributed by atoms with Crippen LogP contribution in [0.2, 0.25) is 0 Å². The molecule has 0 radical (unpaired) electrons. The van der Waals surface area contributed by atoms with Crippen molar-refractivity contribution in [2.75, 3.05) is 13.7 Å². The Morgan fingerprint density at radius 1 is 1.10 bits per heavy atom. The number of nitrogens with zero attached hydrogens (tertiary/aromatic N) is 2. The van der Waals surface area contributed by atoms with Gasteiger partial charge >= 0.3 is 0 Å². The molecule has 0 saturated heterocycles. The molecule has 0 atom stereocenters. The van der Waals surface area contributed by atoms with Gasteiger partial charge in [-0.3, -0.25) is 9.89 Å². The lowest BCUT2D eigenvalue weighted by Crippen LogP contribution is -2.19. The minimum absolute atomic E-state index is 0.331. The quantitative estimate of drug-likeness (QED) is 0.447. The normalized spacial score (nSPS) is 11.2. The van der Waals surface area contributed by atoms with Crippen molar-refractivity contribution in [3.05, 3.63) is 65.9 Å². The zero-order valence-corrected chi connectivity index (χ0v) is 16.7. The van der Waals surface area contributed by atoms with Crippen LogP contribution >= 0.6 is 0 Å². The molecule has 0 aliphatic rings. The Hall–Kier alpha value is -3.61. The van der Waals surface area contributed by atoms with Gasteiger partial charge in [0.05, 0.1) is 25.1 Å². The van der Waals surface area contributed by atoms with Crippen molar-refractivity contribution in [3.8, 4) is 22.8 Å². The van der Waals surface area contributed by atoms with Gasteiger partial charge in [0.2, 0.25) is 0 Å². The van der Waals surface area contributed by atoms with Crippen molar-refractivity contribution in [3.63, 3.8) is 0 Å². The fourth-order valence-electron chi connectivity index (χ4n) is 2.62.